The number of benzene rings is 1. The lowest BCUT2D eigenvalue weighted by Crippen LogP contribution is -2.37. The molecule has 0 saturated heterocycles. The maximum atomic E-state index is 11.9. The quantitative estimate of drug-likeness (QED) is 0.885. The van der Waals surface area contributed by atoms with Crippen molar-refractivity contribution in [3.63, 3.8) is 0 Å². The van der Waals surface area contributed by atoms with Crippen LogP contribution in [0.4, 0.5) is 5.69 Å². The molecule has 1 unspecified atom stereocenters. The molecular formula is C14H14Cl2N2O2. The minimum atomic E-state index is -0.417. The summed E-state index contributed by atoms with van der Waals surface area (Å²) in [5, 5.41) is 6.85. The molecule has 0 aliphatic carbocycles. The van der Waals surface area contributed by atoms with E-state index in [2.05, 4.69) is 10.6 Å². The van der Waals surface area contributed by atoms with Crippen molar-refractivity contribution in [3.05, 3.63) is 52.4 Å². The Balaban J connectivity index is 1.90. The summed E-state index contributed by atoms with van der Waals surface area (Å²) in [5.41, 5.74) is 0.697. The van der Waals surface area contributed by atoms with Gasteiger partial charge in [0.15, 0.2) is 0 Å². The van der Waals surface area contributed by atoms with Gasteiger partial charge in [0.05, 0.1) is 12.8 Å². The number of anilines is 1. The average Bonchev–Trinajstić information content (AvgIpc) is 2.87. The maximum absolute atomic E-state index is 11.9. The van der Waals surface area contributed by atoms with Crippen LogP contribution in [0.15, 0.2) is 41.0 Å². The zero-order valence-corrected chi connectivity index (χ0v) is 12.3. The van der Waals surface area contributed by atoms with Crippen molar-refractivity contribution < 1.29 is 9.21 Å². The second kappa shape index (κ2) is 6.68. The van der Waals surface area contributed by atoms with Gasteiger partial charge in [0, 0.05) is 15.7 Å². The Morgan fingerprint density at radius 3 is 2.60 bits per heavy atom. The van der Waals surface area contributed by atoms with Crippen LogP contribution in [0.5, 0.6) is 0 Å². The van der Waals surface area contributed by atoms with Crippen molar-refractivity contribution in [3.8, 4) is 0 Å². The van der Waals surface area contributed by atoms with Crippen LogP contribution < -0.4 is 10.6 Å². The Morgan fingerprint density at radius 2 is 2.00 bits per heavy atom. The van der Waals surface area contributed by atoms with Crippen molar-refractivity contribution in [2.24, 2.45) is 0 Å². The number of halogens is 2. The molecule has 1 heterocycles. The zero-order chi connectivity index (χ0) is 14.5. The molecule has 0 aliphatic rings. The molecule has 1 amide bonds. The van der Waals surface area contributed by atoms with E-state index in [-0.39, 0.29) is 5.91 Å². The second-order valence-corrected chi connectivity index (χ2v) is 5.19. The highest BCUT2D eigenvalue weighted by molar-refractivity contribution is 6.35. The van der Waals surface area contributed by atoms with Gasteiger partial charge in [-0.25, -0.2) is 0 Å². The molecule has 2 N–H and O–H groups in total. The molecule has 0 spiro atoms. The topological polar surface area (TPSA) is 54.3 Å². The lowest BCUT2D eigenvalue weighted by atomic mass is 10.2. The fourth-order valence-electron chi connectivity index (χ4n) is 1.69. The molecule has 106 valence electrons. The zero-order valence-electron chi connectivity index (χ0n) is 10.8. The number of furan rings is 1. The molecule has 1 atom stereocenters. The standard InChI is InChI=1S/C14H14Cl2N2O2/c1-9(14(19)17-8-13-3-2-4-20-13)18-12-6-10(15)5-11(16)7-12/h2-7,9,18H,8H2,1H3,(H,17,19). The number of nitrogens with one attached hydrogen (secondary N) is 2. The average molecular weight is 313 g/mol. The lowest BCUT2D eigenvalue weighted by molar-refractivity contribution is -0.121. The molecule has 0 radical (unpaired) electrons. The predicted octanol–water partition coefficient (Wildman–Crippen LogP) is 3.70. The molecule has 6 heteroatoms. The first-order valence-corrected chi connectivity index (χ1v) is 6.83. The minimum absolute atomic E-state index is 0.141. The third-order valence-corrected chi connectivity index (χ3v) is 3.09. The third kappa shape index (κ3) is 4.18. The highest BCUT2D eigenvalue weighted by Crippen LogP contribution is 2.22. The second-order valence-electron chi connectivity index (χ2n) is 4.32. The van der Waals surface area contributed by atoms with Crippen molar-refractivity contribution in [1.82, 2.24) is 5.32 Å². The van der Waals surface area contributed by atoms with Crippen LogP contribution in [-0.4, -0.2) is 11.9 Å². The first kappa shape index (κ1) is 14.8. The Hall–Kier alpha value is -1.65. The van der Waals surface area contributed by atoms with Gasteiger partial charge in [-0.05, 0) is 37.3 Å². The summed E-state index contributed by atoms with van der Waals surface area (Å²) in [5.74, 6) is 0.564. The van der Waals surface area contributed by atoms with Gasteiger partial charge >= 0.3 is 0 Å². The van der Waals surface area contributed by atoms with Gasteiger partial charge in [-0.15, -0.1) is 0 Å². The van der Waals surface area contributed by atoms with Crippen LogP contribution in [0, 0.1) is 0 Å². The Bertz CT molecular complexity index is 565. The molecule has 2 rings (SSSR count). The Morgan fingerprint density at radius 1 is 1.30 bits per heavy atom. The summed E-state index contributed by atoms with van der Waals surface area (Å²) in [4.78, 5) is 11.9. The van der Waals surface area contributed by atoms with Gasteiger partial charge < -0.3 is 15.1 Å². The number of hydrogen-bond donors (Lipinski definition) is 2. The molecule has 1 aromatic carbocycles. The Kier molecular flexibility index (Phi) is 4.93. The van der Waals surface area contributed by atoms with E-state index in [0.717, 1.165) is 0 Å². The molecule has 0 bridgehead atoms. The van der Waals surface area contributed by atoms with Gasteiger partial charge in [0.1, 0.15) is 11.8 Å². The number of rotatable bonds is 5. The smallest absolute Gasteiger partial charge is 0.242 e. The summed E-state index contributed by atoms with van der Waals surface area (Å²) >= 11 is 11.8. The molecule has 0 fully saturated rings. The predicted molar refractivity (Wildman–Crippen MR) is 80.1 cm³/mol. The molecule has 1 aromatic heterocycles. The van der Waals surface area contributed by atoms with E-state index >= 15 is 0 Å². The van der Waals surface area contributed by atoms with Crippen molar-refractivity contribution >= 4 is 34.8 Å². The maximum Gasteiger partial charge on any atom is 0.242 e. The molecule has 0 saturated carbocycles. The summed E-state index contributed by atoms with van der Waals surface area (Å²) in [6, 6.07) is 8.22. The van der Waals surface area contributed by atoms with E-state index in [1.807, 2.05) is 0 Å². The van der Waals surface area contributed by atoms with E-state index in [0.29, 0.717) is 28.0 Å². The van der Waals surface area contributed by atoms with E-state index in [9.17, 15) is 4.79 Å². The van der Waals surface area contributed by atoms with E-state index in [1.165, 1.54) is 0 Å². The van der Waals surface area contributed by atoms with Crippen molar-refractivity contribution in [2.45, 2.75) is 19.5 Å². The van der Waals surface area contributed by atoms with Crippen LogP contribution in [0.1, 0.15) is 12.7 Å². The molecule has 4 nitrogen and oxygen atoms in total. The summed E-state index contributed by atoms with van der Waals surface area (Å²) < 4.78 is 5.14. The van der Waals surface area contributed by atoms with Crippen LogP contribution in [0.3, 0.4) is 0 Å². The van der Waals surface area contributed by atoms with Crippen LogP contribution in [0.25, 0.3) is 0 Å². The number of hydrogen-bond acceptors (Lipinski definition) is 3. The van der Waals surface area contributed by atoms with E-state index < -0.39 is 6.04 Å². The minimum Gasteiger partial charge on any atom is -0.467 e. The largest absolute Gasteiger partial charge is 0.467 e. The van der Waals surface area contributed by atoms with E-state index in [1.54, 1.807) is 43.5 Å². The SMILES string of the molecule is CC(Nc1cc(Cl)cc(Cl)c1)C(=O)NCc1ccco1. The highest BCUT2D eigenvalue weighted by Gasteiger charge is 2.13. The van der Waals surface area contributed by atoms with Gasteiger partial charge in [0.2, 0.25) is 5.91 Å². The lowest BCUT2D eigenvalue weighted by Gasteiger charge is -2.15. The summed E-state index contributed by atoms with van der Waals surface area (Å²) in [6.45, 7) is 2.11. The van der Waals surface area contributed by atoms with E-state index in [4.69, 9.17) is 27.6 Å². The fourth-order valence-corrected chi connectivity index (χ4v) is 2.22. The fraction of sp³-hybridized carbons (Fsp3) is 0.214. The first-order chi connectivity index (χ1) is 9.54. The van der Waals surface area contributed by atoms with Gasteiger partial charge in [-0.2, -0.15) is 0 Å². The molecular weight excluding hydrogens is 299 g/mol. The monoisotopic (exact) mass is 312 g/mol. The first-order valence-electron chi connectivity index (χ1n) is 6.07. The number of carbonyl (C=O) groups is 1. The Labute approximate surface area is 127 Å². The van der Waals surface area contributed by atoms with Crippen LogP contribution in [-0.2, 0) is 11.3 Å². The number of amides is 1. The van der Waals surface area contributed by atoms with Crippen molar-refractivity contribution in [1.29, 1.82) is 0 Å². The summed E-state index contributed by atoms with van der Waals surface area (Å²) in [7, 11) is 0. The molecule has 20 heavy (non-hydrogen) atoms. The summed E-state index contributed by atoms with van der Waals surface area (Å²) in [6.07, 6.45) is 1.57. The third-order valence-electron chi connectivity index (χ3n) is 2.66. The molecule has 2 aromatic rings. The molecule has 0 aliphatic heterocycles. The highest BCUT2D eigenvalue weighted by atomic mass is 35.5. The van der Waals surface area contributed by atoms with Crippen LogP contribution in [0.2, 0.25) is 10.0 Å². The number of carbonyl (C=O) groups excluding carboxylic acids is 1. The normalized spacial score (nSPS) is 11.9. The van der Waals surface area contributed by atoms with Gasteiger partial charge in [-0.1, -0.05) is 23.2 Å². The van der Waals surface area contributed by atoms with Crippen molar-refractivity contribution in [2.75, 3.05) is 5.32 Å². The van der Waals surface area contributed by atoms with Crippen LogP contribution >= 0.6 is 23.2 Å². The van der Waals surface area contributed by atoms with Gasteiger partial charge in [-0.3, -0.25) is 4.79 Å². The van der Waals surface area contributed by atoms with Gasteiger partial charge in [0.25, 0.3) is 0 Å².